The Bertz CT molecular complexity index is 733. The first-order valence-corrected chi connectivity index (χ1v) is 7.94. The number of carbonyl (C=O) groups is 1. The maximum Gasteiger partial charge on any atom is 0.243 e. The number of para-hydroxylation sites is 2. The maximum absolute atomic E-state index is 12.1. The molecule has 1 heterocycles. The molecule has 0 spiro atoms. The third kappa shape index (κ3) is 2.93. The number of aliphatic imine (C=N–C) groups is 1. The zero-order chi connectivity index (χ0) is 14.8. The fraction of sp³-hybridized carbons (Fsp3) is 0.0667. The molecule has 3 nitrogen and oxygen atoms in total. The van der Waals surface area contributed by atoms with Gasteiger partial charge in [-0.05, 0) is 24.3 Å². The van der Waals surface area contributed by atoms with E-state index in [2.05, 4.69) is 4.99 Å². The van der Waals surface area contributed by atoms with Crippen molar-refractivity contribution in [1.29, 1.82) is 0 Å². The molecule has 0 bridgehead atoms. The zero-order valence-electron chi connectivity index (χ0n) is 10.8. The number of carbonyl (C=O) groups excluding carboxylic acids is 1. The van der Waals surface area contributed by atoms with Crippen LogP contribution in [-0.2, 0) is 4.79 Å². The minimum atomic E-state index is -0.0427. The van der Waals surface area contributed by atoms with Crippen LogP contribution in [0.3, 0.4) is 0 Å². The van der Waals surface area contributed by atoms with Crippen molar-refractivity contribution in [3.63, 3.8) is 0 Å². The number of amidine groups is 1. The number of thioether (sulfide) groups is 1. The molecule has 0 N–H and O–H groups in total. The second-order valence-electron chi connectivity index (χ2n) is 4.32. The van der Waals surface area contributed by atoms with Crippen LogP contribution in [0.4, 0.5) is 11.4 Å². The van der Waals surface area contributed by atoms with Crippen LogP contribution < -0.4 is 4.90 Å². The lowest BCUT2D eigenvalue weighted by molar-refractivity contribution is -0.115. The van der Waals surface area contributed by atoms with Gasteiger partial charge in [-0.3, -0.25) is 9.69 Å². The van der Waals surface area contributed by atoms with Crippen LogP contribution >= 0.6 is 35.0 Å². The van der Waals surface area contributed by atoms with Crippen LogP contribution in [0.1, 0.15) is 0 Å². The van der Waals surface area contributed by atoms with Gasteiger partial charge in [-0.2, -0.15) is 0 Å². The minimum Gasteiger partial charge on any atom is -0.273 e. The van der Waals surface area contributed by atoms with Crippen molar-refractivity contribution in [1.82, 2.24) is 0 Å². The van der Waals surface area contributed by atoms with Crippen molar-refractivity contribution < 1.29 is 4.79 Å². The van der Waals surface area contributed by atoms with E-state index >= 15 is 0 Å². The van der Waals surface area contributed by atoms with Crippen molar-refractivity contribution >= 4 is 57.4 Å². The SMILES string of the molecule is O=C1CSC(=Nc2ccccc2Cl)N1c1ccccc1Cl. The van der Waals surface area contributed by atoms with Gasteiger partial charge in [0.05, 0.1) is 27.2 Å². The highest BCUT2D eigenvalue weighted by Gasteiger charge is 2.31. The van der Waals surface area contributed by atoms with E-state index in [4.69, 9.17) is 23.2 Å². The highest BCUT2D eigenvalue weighted by Crippen LogP contribution is 2.34. The molecule has 1 amide bonds. The van der Waals surface area contributed by atoms with Gasteiger partial charge in [0.1, 0.15) is 0 Å². The lowest BCUT2D eigenvalue weighted by Gasteiger charge is -2.17. The molecule has 0 aromatic heterocycles. The summed E-state index contributed by atoms with van der Waals surface area (Å²) in [7, 11) is 0. The standard InChI is InChI=1S/C15H10Cl2N2OS/c16-10-5-1-3-7-12(10)18-15-19(14(20)9-21-15)13-8-4-2-6-11(13)17/h1-8H,9H2. The van der Waals surface area contributed by atoms with E-state index in [-0.39, 0.29) is 5.91 Å². The topological polar surface area (TPSA) is 32.7 Å². The Hall–Kier alpha value is -1.49. The lowest BCUT2D eigenvalue weighted by Crippen LogP contribution is -2.29. The van der Waals surface area contributed by atoms with Crippen molar-refractivity contribution in [2.75, 3.05) is 10.7 Å². The van der Waals surface area contributed by atoms with Crippen molar-refractivity contribution in [2.45, 2.75) is 0 Å². The van der Waals surface area contributed by atoms with Gasteiger partial charge < -0.3 is 0 Å². The fourth-order valence-corrected chi connectivity index (χ4v) is 3.23. The average Bonchev–Trinajstić information content (AvgIpc) is 2.83. The molecule has 6 heteroatoms. The molecule has 1 saturated heterocycles. The molecule has 0 unspecified atom stereocenters. The molecule has 0 radical (unpaired) electrons. The molecule has 1 aliphatic heterocycles. The molecule has 0 atom stereocenters. The Morgan fingerprint density at radius 2 is 1.67 bits per heavy atom. The Morgan fingerprint density at radius 3 is 2.38 bits per heavy atom. The number of anilines is 1. The Labute approximate surface area is 136 Å². The first-order chi connectivity index (χ1) is 10.2. The number of hydrogen-bond acceptors (Lipinski definition) is 3. The van der Waals surface area contributed by atoms with Crippen LogP contribution in [0.5, 0.6) is 0 Å². The van der Waals surface area contributed by atoms with Crippen LogP contribution in [0, 0.1) is 0 Å². The third-order valence-corrected chi connectivity index (χ3v) is 4.49. The molecule has 2 aromatic rings. The van der Waals surface area contributed by atoms with E-state index in [1.807, 2.05) is 30.3 Å². The summed E-state index contributed by atoms with van der Waals surface area (Å²) in [6.45, 7) is 0. The minimum absolute atomic E-state index is 0.0427. The number of benzene rings is 2. The van der Waals surface area contributed by atoms with E-state index in [0.29, 0.717) is 32.3 Å². The first kappa shape index (κ1) is 14.4. The Morgan fingerprint density at radius 1 is 1.00 bits per heavy atom. The van der Waals surface area contributed by atoms with E-state index in [1.54, 1.807) is 18.2 Å². The second kappa shape index (κ2) is 6.10. The van der Waals surface area contributed by atoms with Crippen LogP contribution in [0.15, 0.2) is 53.5 Å². The summed E-state index contributed by atoms with van der Waals surface area (Å²) in [5.74, 6) is 0.299. The summed E-state index contributed by atoms with van der Waals surface area (Å²) < 4.78 is 0. The summed E-state index contributed by atoms with van der Waals surface area (Å²) in [4.78, 5) is 18.2. The Kier molecular flexibility index (Phi) is 4.19. The highest BCUT2D eigenvalue weighted by atomic mass is 35.5. The van der Waals surface area contributed by atoms with E-state index in [1.165, 1.54) is 16.7 Å². The number of nitrogens with zero attached hydrogens (tertiary/aromatic N) is 2. The van der Waals surface area contributed by atoms with Crippen molar-refractivity contribution in [3.05, 3.63) is 58.6 Å². The molecule has 2 aromatic carbocycles. The van der Waals surface area contributed by atoms with Gasteiger partial charge in [0.2, 0.25) is 5.91 Å². The molecule has 0 saturated carbocycles. The number of halogens is 2. The summed E-state index contributed by atoms with van der Waals surface area (Å²) in [6.07, 6.45) is 0. The summed E-state index contributed by atoms with van der Waals surface area (Å²) in [5.41, 5.74) is 1.27. The monoisotopic (exact) mass is 336 g/mol. The van der Waals surface area contributed by atoms with Crippen LogP contribution in [-0.4, -0.2) is 16.8 Å². The molecule has 1 aliphatic rings. The molecule has 0 aliphatic carbocycles. The maximum atomic E-state index is 12.1. The predicted octanol–water partition coefficient (Wildman–Crippen LogP) is 4.76. The predicted molar refractivity (Wildman–Crippen MR) is 89.9 cm³/mol. The highest BCUT2D eigenvalue weighted by molar-refractivity contribution is 8.15. The second-order valence-corrected chi connectivity index (χ2v) is 6.07. The molecule has 3 rings (SSSR count). The average molecular weight is 337 g/mol. The fourth-order valence-electron chi connectivity index (χ4n) is 1.96. The van der Waals surface area contributed by atoms with E-state index < -0.39 is 0 Å². The largest absolute Gasteiger partial charge is 0.273 e. The van der Waals surface area contributed by atoms with Crippen molar-refractivity contribution in [3.8, 4) is 0 Å². The van der Waals surface area contributed by atoms with Gasteiger partial charge in [0, 0.05) is 0 Å². The van der Waals surface area contributed by atoms with Gasteiger partial charge >= 0.3 is 0 Å². The smallest absolute Gasteiger partial charge is 0.243 e. The molecule has 1 fully saturated rings. The van der Waals surface area contributed by atoms with Crippen molar-refractivity contribution in [2.24, 2.45) is 4.99 Å². The molecule has 21 heavy (non-hydrogen) atoms. The Balaban J connectivity index is 2.05. The summed E-state index contributed by atoms with van der Waals surface area (Å²) in [6, 6.07) is 14.5. The zero-order valence-corrected chi connectivity index (χ0v) is 13.1. The van der Waals surface area contributed by atoms with E-state index in [0.717, 1.165) is 0 Å². The third-order valence-electron chi connectivity index (χ3n) is 2.93. The lowest BCUT2D eigenvalue weighted by atomic mass is 10.3. The normalized spacial score (nSPS) is 16.8. The molecular weight excluding hydrogens is 327 g/mol. The number of rotatable bonds is 2. The van der Waals surface area contributed by atoms with Crippen LogP contribution in [0.2, 0.25) is 10.0 Å². The molecule has 106 valence electrons. The van der Waals surface area contributed by atoms with E-state index in [9.17, 15) is 4.79 Å². The summed E-state index contributed by atoms with van der Waals surface area (Å²) in [5, 5.41) is 1.64. The summed E-state index contributed by atoms with van der Waals surface area (Å²) >= 11 is 13.7. The number of amides is 1. The van der Waals surface area contributed by atoms with Gasteiger partial charge in [-0.15, -0.1) is 0 Å². The van der Waals surface area contributed by atoms with Gasteiger partial charge in [-0.25, -0.2) is 4.99 Å². The van der Waals surface area contributed by atoms with Gasteiger partial charge in [0.25, 0.3) is 0 Å². The van der Waals surface area contributed by atoms with Gasteiger partial charge in [0.15, 0.2) is 5.17 Å². The van der Waals surface area contributed by atoms with Gasteiger partial charge in [-0.1, -0.05) is 59.2 Å². The van der Waals surface area contributed by atoms with Crippen LogP contribution in [0.25, 0.3) is 0 Å². The molecular formula is C15H10Cl2N2OS. The first-order valence-electron chi connectivity index (χ1n) is 6.20. The quantitative estimate of drug-likeness (QED) is 0.791. The number of hydrogen-bond donors (Lipinski definition) is 0.